The number of nitrogens with two attached hydrogens (primary N) is 1. The van der Waals surface area contributed by atoms with E-state index in [1.807, 2.05) is 24.8 Å². The fourth-order valence-corrected chi connectivity index (χ4v) is 3.65. The number of halogens is 1. The molecule has 0 amide bonds. The smallest absolute Gasteiger partial charge is 0.123 e. The van der Waals surface area contributed by atoms with Gasteiger partial charge in [0, 0.05) is 36.7 Å². The number of aryl methyl sites for hydroxylation is 1. The zero-order valence-corrected chi connectivity index (χ0v) is 11.8. The van der Waals surface area contributed by atoms with Gasteiger partial charge in [-0.3, -0.25) is 4.90 Å². The van der Waals surface area contributed by atoms with Crippen LogP contribution >= 0.6 is 11.8 Å². The van der Waals surface area contributed by atoms with Crippen LogP contribution in [0.1, 0.15) is 24.1 Å². The normalized spacial score (nSPS) is 23.0. The standard InChI is InChI=1S/C14H21FN2S/c1-10-3-4-12(15)7-13(10)14(8-16)17-5-6-18-9-11(17)2/h3-4,7,11,14H,5-6,8-9,16H2,1-2H3. The fraction of sp³-hybridized carbons (Fsp3) is 0.571. The molecule has 2 N–H and O–H groups in total. The van der Waals surface area contributed by atoms with Gasteiger partial charge in [-0.25, -0.2) is 4.39 Å². The van der Waals surface area contributed by atoms with Crippen molar-refractivity contribution in [2.45, 2.75) is 25.9 Å². The highest BCUT2D eigenvalue weighted by molar-refractivity contribution is 7.99. The van der Waals surface area contributed by atoms with Crippen molar-refractivity contribution in [3.05, 3.63) is 35.1 Å². The second-order valence-corrected chi connectivity index (χ2v) is 6.06. The summed E-state index contributed by atoms with van der Waals surface area (Å²) in [5.41, 5.74) is 8.11. The van der Waals surface area contributed by atoms with Crippen LogP contribution < -0.4 is 5.73 Å². The molecule has 0 saturated carbocycles. The lowest BCUT2D eigenvalue weighted by Crippen LogP contribution is -2.45. The van der Waals surface area contributed by atoms with Crippen molar-refractivity contribution in [1.82, 2.24) is 4.90 Å². The van der Waals surface area contributed by atoms with Crippen molar-refractivity contribution in [2.75, 3.05) is 24.6 Å². The van der Waals surface area contributed by atoms with Crippen LogP contribution in [0.4, 0.5) is 4.39 Å². The zero-order valence-electron chi connectivity index (χ0n) is 11.0. The highest BCUT2D eigenvalue weighted by Crippen LogP contribution is 2.29. The molecule has 0 aromatic heterocycles. The van der Waals surface area contributed by atoms with Gasteiger partial charge in [0.25, 0.3) is 0 Å². The molecule has 0 spiro atoms. The van der Waals surface area contributed by atoms with E-state index in [0.717, 1.165) is 29.2 Å². The van der Waals surface area contributed by atoms with Gasteiger partial charge < -0.3 is 5.73 Å². The minimum atomic E-state index is -0.173. The average Bonchev–Trinajstić information content (AvgIpc) is 2.36. The summed E-state index contributed by atoms with van der Waals surface area (Å²) in [6, 6.07) is 5.64. The van der Waals surface area contributed by atoms with Crippen LogP contribution in [-0.4, -0.2) is 35.5 Å². The van der Waals surface area contributed by atoms with Crippen LogP contribution in [0.5, 0.6) is 0 Å². The molecule has 18 heavy (non-hydrogen) atoms. The van der Waals surface area contributed by atoms with E-state index in [-0.39, 0.29) is 11.9 Å². The summed E-state index contributed by atoms with van der Waals surface area (Å²) in [4.78, 5) is 2.41. The lowest BCUT2D eigenvalue weighted by molar-refractivity contribution is 0.165. The van der Waals surface area contributed by atoms with Gasteiger partial charge in [-0.2, -0.15) is 11.8 Å². The monoisotopic (exact) mass is 268 g/mol. The Labute approximate surface area is 113 Å². The van der Waals surface area contributed by atoms with Crippen molar-refractivity contribution in [3.63, 3.8) is 0 Å². The summed E-state index contributed by atoms with van der Waals surface area (Å²) in [7, 11) is 0. The van der Waals surface area contributed by atoms with Crippen LogP contribution in [-0.2, 0) is 0 Å². The number of thioether (sulfide) groups is 1. The molecule has 1 aliphatic rings. The maximum Gasteiger partial charge on any atom is 0.123 e. The van der Waals surface area contributed by atoms with E-state index < -0.39 is 0 Å². The molecule has 0 bridgehead atoms. The van der Waals surface area contributed by atoms with Crippen LogP contribution in [0.2, 0.25) is 0 Å². The van der Waals surface area contributed by atoms with Crippen LogP contribution in [0, 0.1) is 12.7 Å². The summed E-state index contributed by atoms with van der Waals surface area (Å²) < 4.78 is 13.4. The number of hydrogen-bond acceptors (Lipinski definition) is 3. The second-order valence-electron chi connectivity index (χ2n) is 4.91. The molecule has 1 aliphatic heterocycles. The summed E-state index contributed by atoms with van der Waals surface area (Å²) in [6.45, 7) is 5.83. The third-order valence-corrected chi connectivity index (χ3v) is 4.83. The van der Waals surface area contributed by atoms with E-state index in [2.05, 4.69) is 11.8 Å². The van der Waals surface area contributed by atoms with E-state index in [1.54, 1.807) is 6.07 Å². The Morgan fingerprint density at radius 1 is 1.56 bits per heavy atom. The maximum atomic E-state index is 13.4. The average molecular weight is 268 g/mol. The quantitative estimate of drug-likeness (QED) is 0.913. The SMILES string of the molecule is Cc1ccc(F)cc1C(CN)N1CCSCC1C. The predicted octanol–water partition coefficient (Wildman–Crippen LogP) is 2.57. The van der Waals surface area contributed by atoms with E-state index in [0.29, 0.717) is 12.6 Å². The Kier molecular flexibility index (Phi) is 4.65. The molecular weight excluding hydrogens is 247 g/mol. The first-order valence-electron chi connectivity index (χ1n) is 6.43. The van der Waals surface area contributed by atoms with Crippen LogP contribution in [0.25, 0.3) is 0 Å². The molecule has 1 aromatic rings. The molecule has 1 heterocycles. The van der Waals surface area contributed by atoms with Gasteiger partial charge in [0.1, 0.15) is 5.82 Å². The Bertz CT molecular complexity index is 411. The summed E-state index contributed by atoms with van der Waals surface area (Å²) in [6.07, 6.45) is 0. The highest BCUT2D eigenvalue weighted by atomic mass is 32.2. The topological polar surface area (TPSA) is 29.3 Å². The lowest BCUT2D eigenvalue weighted by Gasteiger charge is -2.39. The van der Waals surface area contributed by atoms with Crippen molar-refractivity contribution >= 4 is 11.8 Å². The van der Waals surface area contributed by atoms with Gasteiger partial charge in [-0.05, 0) is 37.1 Å². The minimum absolute atomic E-state index is 0.136. The number of benzene rings is 1. The predicted molar refractivity (Wildman–Crippen MR) is 76.4 cm³/mol. The minimum Gasteiger partial charge on any atom is -0.329 e. The van der Waals surface area contributed by atoms with Gasteiger partial charge in [0.15, 0.2) is 0 Å². The van der Waals surface area contributed by atoms with Crippen molar-refractivity contribution < 1.29 is 4.39 Å². The summed E-state index contributed by atoms with van der Waals surface area (Å²) in [5.74, 6) is 2.09. The second kappa shape index (κ2) is 6.04. The van der Waals surface area contributed by atoms with E-state index in [4.69, 9.17) is 5.73 Å². The molecule has 1 fully saturated rings. The molecule has 2 rings (SSSR count). The zero-order chi connectivity index (χ0) is 13.1. The molecule has 2 atom stereocenters. The summed E-state index contributed by atoms with van der Waals surface area (Å²) >= 11 is 1.98. The Morgan fingerprint density at radius 2 is 2.33 bits per heavy atom. The van der Waals surface area contributed by atoms with Gasteiger partial charge >= 0.3 is 0 Å². The first-order valence-corrected chi connectivity index (χ1v) is 7.58. The third-order valence-electron chi connectivity index (χ3n) is 3.64. The third kappa shape index (κ3) is 2.87. The first-order chi connectivity index (χ1) is 8.63. The molecule has 0 radical (unpaired) electrons. The number of rotatable bonds is 3. The Balaban J connectivity index is 2.29. The van der Waals surface area contributed by atoms with Gasteiger partial charge in [-0.15, -0.1) is 0 Å². The maximum absolute atomic E-state index is 13.4. The van der Waals surface area contributed by atoms with Crippen LogP contribution in [0.15, 0.2) is 18.2 Å². The molecule has 1 aromatic carbocycles. The molecule has 4 heteroatoms. The lowest BCUT2D eigenvalue weighted by atomic mass is 9.98. The molecule has 0 aliphatic carbocycles. The van der Waals surface area contributed by atoms with Crippen LogP contribution in [0.3, 0.4) is 0 Å². The molecule has 100 valence electrons. The largest absolute Gasteiger partial charge is 0.329 e. The Hall–Kier alpha value is -0.580. The van der Waals surface area contributed by atoms with Crippen molar-refractivity contribution in [3.8, 4) is 0 Å². The number of hydrogen-bond donors (Lipinski definition) is 1. The summed E-state index contributed by atoms with van der Waals surface area (Å²) in [5, 5.41) is 0. The van der Waals surface area contributed by atoms with Gasteiger partial charge in [-0.1, -0.05) is 6.07 Å². The van der Waals surface area contributed by atoms with E-state index in [9.17, 15) is 4.39 Å². The highest BCUT2D eigenvalue weighted by Gasteiger charge is 2.27. The van der Waals surface area contributed by atoms with Gasteiger partial charge in [0.2, 0.25) is 0 Å². The van der Waals surface area contributed by atoms with Gasteiger partial charge in [0.05, 0.1) is 0 Å². The number of nitrogens with zero attached hydrogens (tertiary/aromatic N) is 1. The molecule has 2 unspecified atom stereocenters. The first kappa shape index (κ1) is 13.8. The molecular formula is C14H21FN2S. The van der Waals surface area contributed by atoms with Crippen molar-refractivity contribution in [2.24, 2.45) is 5.73 Å². The molecule has 2 nitrogen and oxygen atoms in total. The molecule has 1 saturated heterocycles. The fourth-order valence-electron chi connectivity index (χ4n) is 2.61. The van der Waals surface area contributed by atoms with Crippen molar-refractivity contribution in [1.29, 1.82) is 0 Å². The van der Waals surface area contributed by atoms with E-state index >= 15 is 0 Å². The van der Waals surface area contributed by atoms with E-state index in [1.165, 1.54) is 6.07 Å². The Morgan fingerprint density at radius 3 is 3.00 bits per heavy atom.